The van der Waals surface area contributed by atoms with Crippen LogP contribution in [0.4, 0.5) is 4.79 Å². The van der Waals surface area contributed by atoms with Gasteiger partial charge in [0.05, 0.1) is 47.8 Å². The molecule has 1 fully saturated rings. The minimum Gasteiger partial charge on any atom is -0.411 e. The van der Waals surface area contributed by atoms with Crippen molar-refractivity contribution < 1.29 is 33.1 Å². The average molecular weight is 751 g/mol. The standard InChI is InChI=1S/C39H54N6O7S/c1-5-28(2)37(43-39(48)44(3)25-32-16-11-17-33(41-32)27-52-4)38(47)42-35(22-29-12-7-6-8-13-29)36(46)26-45(24-31-14-9-10-15-31)53(50,51)34-20-18-30(19-21-34)23-40-49/h6-8,11-13,16-21,23,28,31,35-37,46,49H,5,9-10,14-15,22,24-27H2,1-4H3,(H,42,47)(H,43,48)/b40-23+/t28-,35-,36?,37+/m0/s1. The van der Waals surface area contributed by atoms with E-state index in [9.17, 15) is 23.1 Å². The van der Waals surface area contributed by atoms with Gasteiger partial charge in [-0.15, -0.1) is 0 Å². The molecule has 4 atom stereocenters. The number of methoxy groups -OCH3 is 1. The fraction of sp³-hybridized carbons (Fsp3) is 0.487. The molecule has 0 saturated heterocycles. The Kier molecular flexibility index (Phi) is 15.8. The van der Waals surface area contributed by atoms with Gasteiger partial charge < -0.3 is 30.6 Å². The molecular weight excluding hydrogens is 697 g/mol. The molecule has 0 spiro atoms. The number of sulfonamides is 1. The van der Waals surface area contributed by atoms with E-state index in [4.69, 9.17) is 9.94 Å². The number of ether oxygens (including phenoxy) is 1. The predicted molar refractivity (Wildman–Crippen MR) is 203 cm³/mol. The Balaban J connectivity index is 1.56. The summed E-state index contributed by atoms with van der Waals surface area (Å²) in [5.41, 5.74) is 2.77. The highest BCUT2D eigenvalue weighted by Crippen LogP contribution is 2.28. The minimum atomic E-state index is -4.06. The summed E-state index contributed by atoms with van der Waals surface area (Å²) in [6.45, 7) is 4.32. The van der Waals surface area contributed by atoms with Crippen LogP contribution in [0.2, 0.25) is 0 Å². The molecule has 1 unspecified atom stereocenters. The number of pyridine rings is 1. The molecule has 0 aliphatic heterocycles. The first kappa shape index (κ1) is 41.4. The number of nitrogens with one attached hydrogen (secondary N) is 2. The van der Waals surface area contributed by atoms with Crippen molar-refractivity contribution in [2.45, 2.75) is 88.6 Å². The second-order valence-corrected chi connectivity index (χ2v) is 15.8. The maximum absolute atomic E-state index is 14.1. The Morgan fingerprint density at radius 2 is 1.70 bits per heavy atom. The van der Waals surface area contributed by atoms with Crippen LogP contribution in [0.25, 0.3) is 0 Å². The molecule has 0 radical (unpaired) electrons. The molecule has 1 aromatic heterocycles. The SMILES string of the molecule is CC[C@H](C)[C@@H](NC(=O)N(C)Cc1cccc(COC)n1)C(=O)N[C@@H](Cc1ccccc1)C(O)CN(CC1CCCC1)S(=O)(=O)c1ccc(/C=N/O)cc1. The van der Waals surface area contributed by atoms with Gasteiger partial charge >= 0.3 is 6.03 Å². The zero-order chi connectivity index (χ0) is 38.4. The molecular formula is C39H54N6O7S. The smallest absolute Gasteiger partial charge is 0.318 e. The van der Waals surface area contributed by atoms with Gasteiger partial charge in [0.15, 0.2) is 0 Å². The lowest BCUT2D eigenvalue weighted by Crippen LogP contribution is -2.58. The Morgan fingerprint density at radius 1 is 1.02 bits per heavy atom. The van der Waals surface area contributed by atoms with Crippen molar-refractivity contribution in [2.75, 3.05) is 27.2 Å². The number of nitrogens with zero attached hydrogens (tertiary/aromatic N) is 4. The van der Waals surface area contributed by atoms with Gasteiger partial charge in [0.25, 0.3) is 0 Å². The summed E-state index contributed by atoms with van der Waals surface area (Å²) in [5, 5.41) is 29.7. The number of aromatic nitrogens is 1. The van der Waals surface area contributed by atoms with Crippen molar-refractivity contribution in [2.24, 2.45) is 17.0 Å². The summed E-state index contributed by atoms with van der Waals surface area (Å²) in [5.74, 6) is -0.602. The number of amides is 3. The van der Waals surface area contributed by atoms with Crippen LogP contribution >= 0.6 is 0 Å². The lowest BCUT2D eigenvalue weighted by Gasteiger charge is -2.33. The van der Waals surface area contributed by atoms with Gasteiger partial charge in [-0.05, 0) is 66.5 Å². The van der Waals surface area contributed by atoms with Crippen LogP contribution in [-0.2, 0) is 39.1 Å². The molecule has 1 aliphatic rings. The monoisotopic (exact) mass is 750 g/mol. The van der Waals surface area contributed by atoms with E-state index in [2.05, 4.69) is 20.8 Å². The van der Waals surface area contributed by atoms with E-state index in [0.29, 0.717) is 24.3 Å². The van der Waals surface area contributed by atoms with Crippen molar-refractivity contribution >= 4 is 28.2 Å². The number of rotatable bonds is 19. The number of carbonyl (C=O) groups excluding carboxylic acids is 2. The summed E-state index contributed by atoms with van der Waals surface area (Å²) >= 11 is 0. The Hall–Kier alpha value is -4.37. The first-order chi connectivity index (χ1) is 25.4. The first-order valence-electron chi connectivity index (χ1n) is 18.2. The van der Waals surface area contributed by atoms with Crippen LogP contribution < -0.4 is 10.6 Å². The molecule has 3 amide bonds. The second kappa shape index (κ2) is 20.2. The van der Waals surface area contributed by atoms with Crippen molar-refractivity contribution in [3.8, 4) is 0 Å². The summed E-state index contributed by atoms with van der Waals surface area (Å²) in [7, 11) is -0.850. The molecule has 14 heteroatoms. The lowest BCUT2D eigenvalue weighted by atomic mass is 9.96. The van der Waals surface area contributed by atoms with Gasteiger partial charge in [0.2, 0.25) is 15.9 Å². The van der Waals surface area contributed by atoms with E-state index in [1.165, 1.54) is 27.6 Å². The molecule has 0 bridgehead atoms. The van der Waals surface area contributed by atoms with Crippen molar-refractivity contribution in [1.29, 1.82) is 0 Å². The highest BCUT2D eigenvalue weighted by atomic mass is 32.2. The molecule has 1 heterocycles. The van der Waals surface area contributed by atoms with Crippen LogP contribution in [0.15, 0.2) is 82.8 Å². The zero-order valence-electron chi connectivity index (χ0n) is 31.1. The van der Waals surface area contributed by atoms with Gasteiger partial charge in [-0.3, -0.25) is 9.78 Å². The van der Waals surface area contributed by atoms with Gasteiger partial charge in [-0.2, -0.15) is 4.31 Å². The van der Waals surface area contributed by atoms with Crippen molar-refractivity contribution in [3.63, 3.8) is 0 Å². The van der Waals surface area contributed by atoms with Crippen LogP contribution in [0, 0.1) is 11.8 Å². The molecule has 13 nitrogen and oxygen atoms in total. The Labute approximate surface area is 313 Å². The van der Waals surface area contributed by atoms with Crippen LogP contribution in [0.3, 0.4) is 0 Å². The van der Waals surface area contributed by atoms with E-state index in [1.54, 1.807) is 26.3 Å². The van der Waals surface area contributed by atoms with Gasteiger partial charge in [0, 0.05) is 27.2 Å². The second-order valence-electron chi connectivity index (χ2n) is 13.9. The topological polar surface area (TPSA) is 174 Å². The summed E-state index contributed by atoms with van der Waals surface area (Å²) in [4.78, 5) is 33.6. The third-order valence-corrected chi connectivity index (χ3v) is 11.7. The number of benzene rings is 2. The van der Waals surface area contributed by atoms with E-state index in [-0.39, 0.29) is 42.8 Å². The van der Waals surface area contributed by atoms with E-state index < -0.39 is 40.1 Å². The number of oxime groups is 1. The fourth-order valence-electron chi connectivity index (χ4n) is 6.56. The molecule has 2 aromatic carbocycles. The van der Waals surface area contributed by atoms with E-state index in [0.717, 1.165) is 36.9 Å². The number of aliphatic hydroxyl groups excluding tert-OH is 1. The molecule has 53 heavy (non-hydrogen) atoms. The Morgan fingerprint density at radius 3 is 2.34 bits per heavy atom. The maximum atomic E-state index is 14.1. The number of aliphatic hydroxyl groups is 1. The molecule has 288 valence electrons. The normalized spacial score (nSPS) is 16.0. The van der Waals surface area contributed by atoms with Crippen molar-refractivity contribution in [3.05, 3.63) is 95.3 Å². The summed E-state index contributed by atoms with van der Waals surface area (Å²) in [6.07, 6.45) is 4.53. The van der Waals surface area contributed by atoms with Gasteiger partial charge in [-0.1, -0.05) is 86.8 Å². The Bertz CT molecular complexity index is 1740. The molecule has 3 aromatic rings. The lowest BCUT2D eigenvalue weighted by molar-refractivity contribution is -0.125. The molecule has 1 aliphatic carbocycles. The molecule has 4 N–H and O–H groups in total. The van der Waals surface area contributed by atoms with Gasteiger partial charge in [0.1, 0.15) is 6.04 Å². The number of urea groups is 1. The third kappa shape index (κ3) is 12.1. The average Bonchev–Trinajstić information content (AvgIpc) is 3.67. The molecule has 1 saturated carbocycles. The zero-order valence-corrected chi connectivity index (χ0v) is 31.9. The predicted octanol–water partition coefficient (Wildman–Crippen LogP) is 4.56. The number of carbonyl (C=O) groups is 2. The van der Waals surface area contributed by atoms with Crippen LogP contribution in [0.1, 0.15) is 68.5 Å². The highest BCUT2D eigenvalue weighted by Gasteiger charge is 2.35. The maximum Gasteiger partial charge on any atom is 0.318 e. The van der Waals surface area contributed by atoms with Crippen molar-refractivity contribution in [1.82, 2.24) is 24.8 Å². The molecule has 4 rings (SSSR count). The summed E-state index contributed by atoms with van der Waals surface area (Å²) < 4.78 is 34.7. The van der Waals surface area contributed by atoms with E-state index in [1.807, 2.05) is 62.4 Å². The minimum absolute atomic E-state index is 0.0470. The van der Waals surface area contributed by atoms with E-state index >= 15 is 0 Å². The van der Waals surface area contributed by atoms with Crippen LogP contribution in [-0.4, -0.2) is 96.5 Å². The number of hydrogen-bond acceptors (Lipinski definition) is 9. The largest absolute Gasteiger partial charge is 0.411 e. The first-order valence-corrected chi connectivity index (χ1v) is 19.6. The highest BCUT2D eigenvalue weighted by molar-refractivity contribution is 7.89. The van der Waals surface area contributed by atoms with Gasteiger partial charge in [-0.25, -0.2) is 13.2 Å². The fourth-order valence-corrected chi connectivity index (χ4v) is 8.09. The number of hydrogen-bond donors (Lipinski definition) is 4. The van der Waals surface area contributed by atoms with Crippen LogP contribution in [0.5, 0.6) is 0 Å². The third-order valence-electron chi connectivity index (χ3n) is 9.82. The summed E-state index contributed by atoms with van der Waals surface area (Å²) in [6, 6.07) is 18.6. The quantitative estimate of drug-likeness (QED) is 0.0784.